The molecule has 1 saturated carbocycles. The Labute approximate surface area is 94.9 Å². The zero-order chi connectivity index (χ0) is 10.9. The number of methoxy groups -OCH3 is 1. The van der Waals surface area contributed by atoms with Crippen LogP contribution in [0.15, 0.2) is 11.6 Å². The van der Waals surface area contributed by atoms with Crippen LogP contribution < -0.4 is 0 Å². The molecule has 1 fully saturated rings. The maximum atomic E-state index is 5.03. The molecule has 1 heteroatoms. The monoisotopic (exact) mass is 210 g/mol. The van der Waals surface area contributed by atoms with E-state index in [1.54, 1.807) is 12.7 Å². The summed E-state index contributed by atoms with van der Waals surface area (Å²) >= 11 is 0. The summed E-state index contributed by atoms with van der Waals surface area (Å²) < 4.78 is 5.03. The third kappa shape index (κ3) is 7.61. The Bertz CT molecular complexity index is 180. The van der Waals surface area contributed by atoms with Crippen molar-refractivity contribution in [2.45, 2.75) is 58.3 Å². The maximum Gasteiger partial charge on any atom is 0.0462 e. The van der Waals surface area contributed by atoms with Crippen LogP contribution in [0.5, 0.6) is 0 Å². The van der Waals surface area contributed by atoms with Crippen LogP contribution in [0, 0.1) is 5.92 Å². The van der Waals surface area contributed by atoms with E-state index in [1.165, 1.54) is 51.4 Å². The fourth-order valence-corrected chi connectivity index (χ4v) is 1.83. The van der Waals surface area contributed by atoms with Crippen molar-refractivity contribution in [2.75, 3.05) is 13.7 Å². The zero-order valence-electron chi connectivity index (χ0n) is 10.4. The lowest BCUT2D eigenvalue weighted by molar-refractivity contribution is 0.192. The van der Waals surface area contributed by atoms with E-state index >= 15 is 0 Å². The summed E-state index contributed by atoms with van der Waals surface area (Å²) in [5, 5.41) is 0. The second-order valence-electron chi connectivity index (χ2n) is 4.89. The molecule has 0 aliphatic heterocycles. The second-order valence-corrected chi connectivity index (χ2v) is 4.89. The average Bonchev–Trinajstić information content (AvgIpc) is 3.04. The molecule has 1 nitrogen and oxygen atoms in total. The van der Waals surface area contributed by atoms with Gasteiger partial charge in [-0.3, -0.25) is 0 Å². The minimum Gasteiger partial charge on any atom is -0.385 e. The number of rotatable bonds is 9. The van der Waals surface area contributed by atoms with Gasteiger partial charge in [0.25, 0.3) is 0 Å². The summed E-state index contributed by atoms with van der Waals surface area (Å²) in [7, 11) is 1.78. The molecule has 88 valence electrons. The summed E-state index contributed by atoms with van der Waals surface area (Å²) in [5.74, 6) is 1.04. The first-order chi connectivity index (χ1) is 7.33. The van der Waals surface area contributed by atoms with Crippen LogP contribution in [0.1, 0.15) is 58.3 Å². The van der Waals surface area contributed by atoms with E-state index in [2.05, 4.69) is 13.0 Å². The molecule has 1 rings (SSSR count). The SMILES string of the molecule is COCCCCCCC(C)=CCC1CC1. The molecular weight excluding hydrogens is 184 g/mol. The van der Waals surface area contributed by atoms with Crippen molar-refractivity contribution >= 4 is 0 Å². The Hall–Kier alpha value is -0.300. The Morgan fingerprint density at radius 3 is 2.60 bits per heavy atom. The summed E-state index contributed by atoms with van der Waals surface area (Å²) in [6.07, 6.45) is 13.3. The third-order valence-corrected chi connectivity index (χ3v) is 3.17. The highest BCUT2D eigenvalue weighted by Crippen LogP contribution is 2.33. The van der Waals surface area contributed by atoms with E-state index < -0.39 is 0 Å². The molecule has 0 aromatic carbocycles. The lowest BCUT2D eigenvalue weighted by Crippen LogP contribution is -1.88. The molecule has 0 spiro atoms. The number of hydrogen-bond acceptors (Lipinski definition) is 1. The Balaban J connectivity index is 1.86. The van der Waals surface area contributed by atoms with E-state index in [9.17, 15) is 0 Å². The van der Waals surface area contributed by atoms with Gasteiger partial charge in [-0.15, -0.1) is 0 Å². The standard InChI is InChI=1S/C14H26O/c1-13(8-9-14-10-11-14)7-5-3-4-6-12-15-2/h8,14H,3-7,9-12H2,1-2H3. The fraction of sp³-hybridized carbons (Fsp3) is 0.857. The van der Waals surface area contributed by atoms with E-state index in [-0.39, 0.29) is 0 Å². The minimum absolute atomic E-state index is 0.927. The number of unbranched alkanes of at least 4 members (excludes halogenated alkanes) is 3. The number of hydrogen-bond donors (Lipinski definition) is 0. The number of allylic oxidation sites excluding steroid dienone is 2. The summed E-state index contributed by atoms with van der Waals surface area (Å²) in [4.78, 5) is 0. The highest BCUT2D eigenvalue weighted by molar-refractivity contribution is 5.00. The quantitative estimate of drug-likeness (QED) is 0.406. The molecule has 0 aromatic heterocycles. The summed E-state index contributed by atoms with van der Waals surface area (Å²) in [5.41, 5.74) is 1.61. The van der Waals surface area contributed by atoms with Crippen LogP contribution in [0.2, 0.25) is 0 Å². The first-order valence-electron chi connectivity index (χ1n) is 6.47. The molecule has 0 radical (unpaired) electrons. The van der Waals surface area contributed by atoms with Gasteiger partial charge in [0.15, 0.2) is 0 Å². The van der Waals surface area contributed by atoms with Crippen molar-refractivity contribution in [3.8, 4) is 0 Å². The van der Waals surface area contributed by atoms with Crippen molar-refractivity contribution in [1.82, 2.24) is 0 Å². The third-order valence-electron chi connectivity index (χ3n) is 3.17. The molecule has 0 unspecified atom stereocenters. The number of ether oxygens (including phenoxy) is 1. The van der Waals surface area contributed by atoms with Gasteiger partial charge in [-0.25, -0.2) is 0 Å². The molecule has 15 heavy (non-hydrogen) atoms. The Morgan fingerprint density at radius 2 is 1.93 bits per heavy atom. The predicted octanol–water partition coefficient (Wildman–Crippen LogP) is 4.33. The molecule has 0 aromatic rings. The lowest BCUT2D eigenvalue weighted by Gasteiger charge is -2.02. The van der Waals surface area contributed by atoms with Crippen LogP contribution in [-0.2, 0) is 4.74 Å². The highest BCUT2D eigenvalue weighted by Gasteiger charge is 2.19. The van der Waals surface area contributed by atoms with Crippen LogP contribution in [-0.4, -0.2) is 13.7 Å². The molecule has 0 atom stereocenters. The second kappa shape index (κ2) is 7.92. The minimum atomic E-state index is 0.927. The first kappa shape index (κ1) is 12.8. The molecule has 0 N–H and O–H groups in total. The lowest BCUT2D eigenvalue weighted by atomic mass is 10.1. The van der Waals surface area contributed by atoms with Gasteiger partial charge in [0.1, 0.15) is 0 Å². The van der Waals surface area contributed by atoms with Crippen LogP contribution in [0.3, 0.4) is 0 Å². The maximum absolute atomic E-state index is 5.03. The molecule has 1 aliphatic carbocycles. The van der Waals surface area contributed by atoms with Crippen molar-refractivity contribution in [3.63, 3.8) is 0 Å². The molecular formula is C14H26O. The van der Waals surface area contributed by atoms with Gasteiger partial charge in [0.05, 0.1) is 0 Å². The Kier molecular flexibility index (Phi) is 6.74. The average molecular weight is 210 g/mol. The van der Waals surface area contributed by atoms with Gasteiger partial charge in [0, 0.05) is 13.7 Å². The molecule has 0 saturated heterocycles. The molecule has 0 bridgehead atoms. The van der Waals surface area contributed by atoms with Crippen LogP contribution >= 0.6 is 0 Å². The molecule has 1 aliphatic rings. The highest BCUT2D eigenvalue weighted by atomic mass is 16.5. The molecule has 0 heterocycles. The van der Waals surface area contributed by atoms with Crippen molar-refractivity contribution in [1.29, 1.82) is 0 Å². The first-order valence-corrected chi connectivity index (χ1v) is 6.47. The van der Waals surface area contributed by atoms with Gasteiger partial charge in [-0.05, 0) is 51.4 Å². The van der Waals surface area contributed by atoms with Gasteiger partial charge >= 0.3 is 0 Å². The van der Waals surface area contributed by atoms with Crippen molar-refractivity contribution in [2.24, 2.45) is 5.92 Å². The molecule has 0 amide bonds. The van der Waals surface area contributed by atoms with Crippen LogP contribution in [0.25, 0.3) is 0 Å². The summed E-state index contributed by atoms with van der Waals surface area (Å²) in [6, 6.07) is 0. The van der Waals surface area contributed by atoms with Gasteiger partial charge in [-0.1, -0.05) is 24.5 Å². The van der Waals surface area contributed by atoms with Crippen LogP contribution in [0.4, 0.5) is 0 Å². The van der Waals surface area contributed by atoms with Gasteiger partial charge < -0.3 is 4.74 Å². The van der Waals surface area contributed by atoms with Gasteiger partial charge in [0.2, 0.25) is 0 Å². The topological polar surface area (TPSA) is 9.23 Å². The fourth-order valence-electron chi connectivity index (χ4n) is 1.83. The Morgan fingerprint density at radius 1 is 1.20 bits per heavy atom. The van der Waals surface area contributed by atoms with E-state index in [0.29, 0.717) is 0 Å². The normalized spacial score (nSPS) is 17.1. The van der Waals surface area contributed by atoms with E-state index in [0.717, 1.165) is 12.5 Å². The van der Waals surface area contributed by atoms with Crippen molar-refractivity contribution < 1.29 is 4.74 Å². The predicted molar refractivity (Wildman–Crippen MR) is 66.1 cm³/mol. The van der Waals surface area contributed by atoms with E-state index in [4.69, 9.17) is 4.74 Å². The van der Waals surface area contributed by atoms with E-state index in [1.807, 2.05) is 0 Å². The van der Waals surface area contributed by atoms with Crippen molar-refractivity contribution in [3.05, 3.63) is 11.6 Å². The summed E-state index contributed by atoms with van der Waals surface area (Å²) in [6.45, 7) is 3.22. The smallest absolute Gasteiger partial charge is 0.0462 e. The largest absolute Gasteiger partial charge is 0.385 e. The zero-order valence-corrected chi connectivity index (χ0v) is 10.4. The van der Waals surface area contributed by atoms with Gasteiger partial charge in [-0.2, -0.15) is 0 Å².